The first-order valence-corrected chi connectivity index (χ1v) is 3.94. The van der Waals surface area contributed by atoms with Gasteiger partial charge in [0.1, 0.15) is 6.04 Å². The van der Waals surface area contributed by atoms with Crippen LogP contribution in [-0.2, 0) is 4.79 Å². The summed E-state index contributed by atoms with van der Waals surface area (Å²) in [7, 11) is 0. The van der Waals surface area contributed by atoms with Gasteiger partial charge in [0.05, 0.1) is 0 Å². The molecule has 0 saturated carbocycles. The fourth-order valence-electron chi connectivity index (χ4n) is 0.327. The molecule has 0 aromatic heterocycles. The van der Waals surface area contributed by atoms with E-state index in [-0.39, 0.29) is 0 Å². The lowest BCUT2D eigenvalue weighted by molar-refractivity contribution is -0.137. The van der Waals surface area contributed by atoms with Crippen LogP contribution >= 0.6 is 11.8 Å². The monoisotopic (exact) mass is 161 g/mol. The minimum absolute atomic E-state index is 0.430. The van der Waals surface area contributed by atoms with Crippen LogP contribution in [-0.4, -0.2) is 22.9 Å². The maximum atomic E-state index is 10.1. The van der Waals surface area contributed by atoms with E-state index in [2.05, 4.69) is 0 Å². The van der Waals surface area contributed by atoms with E-state index in [4.69, 9.17) is 10.8 Å². The van der Waals surface area contributed by atoms with E-state index in [1.165, 1.54) is 11.8 Å². The van der Waals surface area contributed by atoms with Crippen LogP contribution in [0.2, 0.25) is 0 Å². The van der Waals surface area contributed by atoms with Crippen molar-refractivity contribution >= 4 is 17.7 Å². The van der Waals surface area contributed by atoms with Crippen LogP contribution in [0.1, 0.15) is 6.92 Å². The van der Waals surface area contributed by atoms with E-state index in [0.29, 0.717) is 5.75 Å². The first-order chi connectivity index (χ1) is 4.68. The van der Waals surface area contributed by atoms with Gasteiger partial charge in [-0.2, -0.15) is 0 Å². The van der Waals surface area contributed by atoms with Crippen LogP contribution in [0.15, 0.2) is 11.5 Å². The molecule has 0 aliphatic carbocycles. The molecule has 0 aromatic rings. The normalized spacial score (nSPS) is 13.8. The van der Waals surface area contributed by atoms with Crippen molar-refractivity contribution in [2.24, 2.45) is 5.73 Å². The molecule has 3 N–H and O–H groups in total. The van der Waals surface area contributed by atoms with Crippen molar-refractivity contribution in [1.29, 1.82) is 0 Å². The molecule has 0 fully saturated rings. The number of rotatable bonds is 4. The zero-order chi connectivity index (χ0) is 7.98. The molecule has 1 atom stereocenters. The Morgan fingerprint density at radius 2 is 2.50 bits per heavy atom. The summed E-state index contributed by atoms with van der Waals surface area (Å²) < 4.78 is 0. The van der Waals surface area contributed by atoms with Crippen molar-refractivity contribution in [2.45, 2.75) is 13.0 Å². The first-order valence-electron chi connectivity index (χ1n) is 2.89. The van der Waals surface area contributed by atoms with Crippen molar-refractivity contribution < 1.29 is 9.90 Å². The largest absolute Gasteiger partial charge is 0.480 e. The van der Waals surface area contributed by atoms with Gasteiger partial charge in [-0.3, -0.25) is 4.79 Å². The molecule has 0 unspecified atom stereocenters. The minimum Gasteiger partial charge on any atom is -0.480 e. The highest BCUT2D eigenvalue weighted by Crippen LogP contribution is 2.02. The van der Waals surface area contributed by atoms with Gasteiger partial charge in [0.15, 0.2) is 0 Å². The number of carbonyl (C=O) groups is 1. The number of hydrogen-bond donors (Lipinski definition) is 2. The van der Waals surface area contributed by atoms with E-state index in [0.717, 1.165) is 0 Å². The van der Waals surface area contributed by atoms with Gasteiger partial charge in [0.2, 0.25) is 0 Å². The molecule has 0 heterocycles. The quantitative estimate of drug-likeness (QED) is 0.636. The standard InChI is InChI=1S/C6H11NO2S/c1-2-3-10-4-5(7)6(8)9/h2-3,5H,4,7H2,1H3,(H,8,9)/b3-2+/t5-/m0/s1. The molecule has 0 aromatic carbocycles. The Morgan fingerprint density at radius 1 is 1.90 bits per heavy atom. The molecule has 4 heteroatoms. The molecule has 0 bridgehead atoms. The average Bonchev–Trinajstić information content (AvgIpc) is 1.88. The van der Waals surface area contributed by atoms with Crippen LogP contribution in [0, 0.1) is 0 Å². The summed E-state index contributed by atoms with van der Waals surface area (Å²) in [5.41, 5.74) is 5.20. The molecule has 0 radical (unpaired) electrons. The second kappa shape index (κ2) is 5.32. The van der Waals surface area contributed by atoms with E-state index >= 15 is 0 Å². The minimum atomic E-state index is -0.947. The molecule has 0 spiro atoms. The van der Waals surface area contributed by atoms with Crippen LogP contribution in [0.5, 0.6) is 0 Å². The number of allylic oxidation sites excluding steroid dienone is 1. The Labute approximate surface area is 64.3 Å². The predicted molar refractivity (Wildman–Crippen MR) is 42.9 cm³/mol. The van der Waals surface area contributed by atoms with E-state index in [1.54, 1.807) is 0 Å². The zero-order valence-electron chi connectivity index (χ0n) is 5.78. The van der Waals surface area contributed by atoms with Gasteiger partial charge in [-0.15, -0.1) is 11.8 Å². The van der Waals surface area contributed by atoms with Crippen LogP contribution in [0.25, 0.3) is 0 Å². The number of carboxylic acids is 1. The zero-order valence-corrected chi connectivity index (χ0v) is 6.60. The fraction of sp³-hybridized carbons (Fsp3) is 0.500. The maximum Gasteiger partial charge on any atom is 0.321 e. The molecule has 58 valence electrons. The molecular formula is C6H11NO2S. The molecule has 0 aliphatic heterocycles. The summed E-state index contributed by atoms with van der Waals surface area (Å²) in [4.78, 5) is 10.1. The third-order valence-electron chi connectivity index (χ3n) is 0.825. The highest BCUT2D eigenvalue weighted by Gasteiger charge is 2.08. The number of aliphatic carboxylic acids is 1. The van der Waals surface area contributed by atoms with Crippen molar-refractivity contribution in [3.05, 3.63) is 11.5 Å². The molecule has 0 amide bonds. The van der Waals surface area contributed by atoms with Gasteiger partial charge >= 0.3 is 5.97 Å². The number of nitrogens with two attached hydrogens (primary N) is 1. The molecule has 0 saturated heterocycles. The predicted octanol–water partition coefficient (Wildman–Crippen LogP) is 0.665. The van der Waals surface area contributed by atoms with Crippen LogP contribution < -0.4 is 5.73 Å². The smallest absolute Gasteiger partial charge is 0.321 e. The summed E-state index contributed by atoms with van der Waals surface area (Å²) in [6.07, 6.45) is 1.85. The van der Waals surface area contributed by atoms with Gasteiger partial charge in [-0.1, -0.05) is 6.08 Å². The third-order valence-corrected chi connectivity index (χ3v) is 1.84. The Balaban J connectivity index is 3.39. The van der Waals surface area contributed by atoms with Crippen molar-refractivity contribution in [3.8, 4) is 0 Å². The van der Waals surface area contributed by atoms with Crippen LogP contribution in [0.4, 0.5) is 0 Å². The topological polar surface area (TPSA) is 63.3 Å². The highest BCUT2D eigenvalue weighted by atomic mass is 32.2. The lowest BCUT2D eigenvalue weighted by Crippen LogP contribution is -2.32. The van der Waals surface area contributed by atoms with Crippen molar-refractivity contribution in [2.75, 3.05) is 5.75 Å². The molecule has 10 heavy (non-hydrogen) atoms. The Morgan fingerprint density at radius 3 is 2.90 bits per heavy atom. The van der Waals surface area contributed by atoms with Crippen molar-refractivity contribution in [1.82, 2.24) is 0 Å². The van der Waals surface area contributed by atoms with E-state index < -0.39 is 12.0 Å². The van der Waals surface area contributed by atoms with E-state index in [9.17, 15) is 4.79 Å². The summed E-state index contributed by atoms with van der Waals surface area (Å²) in [5, 5.41) is 10.1. The third kappa shape index (κ3) is 4.40. The lowest BCUT2D eigenvalue weighted by atomic mass is 10.4. The summed E-state index contributed by atoms with van der Waals surface area (Å²) in [6, 6.07) is -0.749. The highest BCUT2D eigenvalue weighted by molar-refractivity contribution is 8.02. The second-order valence-corrected chi connectivity index (χ2v) is 2.69. The van der Waals surface area contributed by atoms with Gasteiger partial charge in [-0.25, -0.2) is 0 Å². The molecule has 3 nitrogen and oxygen atoms in total. The van der Waals surface area contributed by atoms with Gasteiger partial charge in [-0.05, 0) is 12.3 Å². The first kappa shape index (κ1) is 9.52. The van der Waals surface area contributed by atoms with E-state index in [1.807, 2.05) is 18.4 Å². The maximum absolute atomic E-state index is 10.1. The second-order valence-electron chi connectivity index (χ2n) is 1.75. The Bertz CT molecular complexity index is 136. The van der Waals surface area contributed by atoms with Crippen molar-refractivity contribution in [3.63, 3.8) is 0 Å². The SMILES string of the molecule is C/C=C/SC[C@H](N)C(=O)O. The summed E-state index contributed by atoms with van der Waals surface area (Å²) >= 11 is 1.40. The summed E-state index contributed by atoms with van der Waals surface area (Å²) in [5.74, 6) is -0.517. The number of thioether (sulfide) groups is 1. The van der Waals surface area contributed by atoms with Crippen LogP contribution in [0.3, 0.4) is 0 Å². The van der Waals surface area contributed by atoms with Gasteiger partial charge in [0, 0.05) is 5.75 Å². The molecule has 0 aliphatic rings. The Kier molecular flexibility index (Phi) is 5.06. The number of carboxylic acid groups (broad SMARTS) is 1. The molecule has 0 rings (SSSR count). The van der Waals surface area contributed by atoms with Gasteiger partial charge in [0.25, 0.3) is 0 Å². The lowest BCUT2D eigenvalue weighted by Gasteiger charge is -2.01. The van der Waals surface area contributed by atoms with Gasteiger partial charge < -0.3 is 10.8 Å². The fourth-order valence-corrected chi connectivity index (χ4v) is 0.980. The number of hydrogen-bond acceptors (Lipinski definition) is 3. The summed E-state index contributed by atoms with van der Waals surface area (Å²) in [6.45, 7) is 1.87. The average molecular weight is 161 g/mol. The molecular weight excluding hydrogens is 150 g/mol. The Hall–Kier alpha value is -0.480.